The Balaban J connectivity index is 2.03. The highest BCUT2D eigenvalue weighted by Crippen LogP contribution is 2.29. The van der Waals surface area contributed by atoms with Gasteiger partial charge in [0.2, 0.25) is 0 Å². The third kappa shape index (κ3) is 4.03. The van der Waals surface area contributed by atoms with E-state index >= 15 is 0 Å². The summed E-state index contributed by atoms with van der Waals surface area (Å²) in [6.45, 7) is -0.144. The van der Waals surface area contributed by atoms with Crippen LogP contribution in [0.25, 0.3) is 0 Å². The summed E-state index contributed by atoms with van der Waals surface area (Å²) in [6, 6.07) is 6.44. The van der Waals surface area contributed by atoms with E-state index in [0.29, 0.717) is 6.07 Å². The van der Waals surface area contributed by atoms with Crippen LogP contribution in [-0.4, -0.2) is 5.91 Å². The van der Waals surface area contributed by atoms with Crippen LogP contribution in [0.4, 0.5) is 22.0 Å². The van der Waals surface area contributed by atoms with Crippen LogP contribution in [0, 0.1) is 11.6 Å². The molecule has 0 saturated heterocycles. The predicted octanol–water partition coefficient (Wildman–Crippen LogP) is 3.91. The normalized spacial score (nSPS) is 11.3. The summed E-state index contributed by atoms with van der Waals surface area (Å²) < 4.78 is 63.1. The molecule has 0 aromatic heterocycles. The van der Waals surface area contributed by atoms with E-state index in [2.05, 4.69) is 5.32 Å². The zero-order valence-electron chi connectivity index (χ0n) is 11.0. The minimum absolute atomic E-state index is 0.0184. The minimum Gasteiger partial charge on any atom is -0.348 e. The van der Waals surface area contributed by atoms with E-state index in [1.165, 1.54) is 0 Å². The van der Waals surface area contributed by atoms with Crippen LogP contribution >= 0.6 is 0 Å². The molecule has 0 heterocycles. The first-order chi connectivity index (χ1) is 10.3. The van der Waals surface area contributed by atoms with Gasteiger partial charge in [0, 0.05) is 18.2 Å². The molecule has 0 atom stereocenters. The second kappa shape index (κ2) is 6.13. The lowest BCUT2D eigenvalue weighted by molar-refractivity contribution is -0.137. The molecule has 0 aliphatic heterocycles. The Morgan fingerprint density at radius 3 is 2.00 bits per heavy atom. The molecular formula is C15H10F5NO. The molecule has 0 radical (unpaired) electrons. The van der Waals surface area contributed by atoms with E-state index in [1.54, 1.807) is 0 Å². The van der Waals surface area contributed by atoms with Crippen molar-refractivity contribution in [2.75, 3.05) is 0 Å². The number of carbonyl (C=O) groups excluding carboxylic acids is 1. The van der Waals surface area contributed by atoms with Gasteiger partial charge in [0.05, 0.1) is 5.56 Å². The first kappa shape index (κ1) is 15.9. The fraction of sp³-hybridized carbons (Fsp3) is 0.133. The average molecular weight is 315 g/mol. The number of hydrogen-bond acceptors (Lipinski definition) is 1. The molecule has 2 aromatic rings. The SMILES string of the molecule is O=C(NCc1cc(F)cc(F)c1)c1ccc(C(F)(F)F)cc1. The summed E-state index contributed by atoms with van der Waals surface area (Å²) in [7, 11) is 0. The molecule has 0 aliphatic rings. The fourth-order valence-electron chi connectivity index (χ4n) is 1.81. The van der Waals surface area contributed by atoms with Gasteiger partial charge in [0.15, 0.2) is 0 Å². The molecule has 0 spiro atoms. The molecule has 116 valence electrons. The summed E-state index contributed by atoms with van der Waals surface area (Å²) in [5, 5.41) is 2.37. The molecule has 22 heavy (non-hydrogen) atoms. The average Bonchev–Trinajstić information content (AvgIpc) is 2.43. The number of amides is 1. The number of alkyl halides is 3. The maximum Gasteiger partial charge on any atom is 0.416 e. The van der Waals surface area contributed by atoms with Gasteiger partial charge in [-0.1, -0.05) is 0 Å². The molecule has 2 rings (SSSR count). The van der Waals surface area contributed by atoms with E-state index in [0.717, 1.165) is 36.4 Å². The van der Waals surface area contributed by atoms with Crippen molar-refractivity contribution in [1.29, 1.82) is 0 Å². The van der Waals surface area contributed by atoms with Gasteiger partial charge in [-0.05, 0) is 42.0 Å². The standard InChI is InChI=1S/C15H10F5NO/c16-12-5-9(6-13(17)7-12)8-21-14(22)10-1-3-11(4-2-10)15(18,19)20/h1-7H,8H2,(H,21,22). The van der Waals surface area contributed by atoms with Crippen LogP contribution in [0.3, 0.4) is 0 Å². The predicted molar refractivity (Wildman–Crippen MR) is 69.0 cm³/mol. The van der Waals surface area contributed by atoms with Crippen molar-refractivity contribution in [1.82, 2.24) is 5.32 Å². The van der Waals surface area contributed by atoms with Gasteiger partial charge >= 0.3 is 6.18 Å². The molecule has 0 aliphatic carbocycles. The van der Waals surface area contributed by atoms with E-state index in [1.807, 2.05) is 0 Å². The molecule has 0 saturated carbocycles. The molecule has 0 fully saturated rings. The Kier molecular flexibility index (Phi) is 4.44. The quantitative estimate of drug-likeness (QED) is 0.855. The smallest absolute Gasteiger partial charge is 0.348 e. The van der Waals surface area contributed by atoms with Gasteiger partial charge in [-0.3, -0.25) is 4.79 Å². The Labute approximate surface area is 122 Å². The van der Waals surface area contributed by atoms with Gasteiger partial charge in [0.25, 0.3) is 5.91 Å². The second-order valence-corrected chi connectivity index (χ2v) is 4.54. The molecular weight excluding hydrogens is 305 g/mol. The van der Waals surface area contributed by atoms with E-state index in [9.17, 15) is 26.7 Å². The summed E-state index contributed by atoms with van der Waals surface area (Å²) in [6.07, 6.45) is -4.48. The number of benzene rings is 2. The summed E-state index contributed by atoms with van der Waals surface area (Å²) in [5.74, 6) is -2.20. The van der Waals surface area contributed by atoms with Gasteiger partial charge in [0.1, 0.15) is 11.6 Å². The highest BCUT2D eigenvalue weighted by Gasteiger charge is 2.30. The molecule has 1 amide bonds. The monoisotopic (exact) mass is 315 g/mol. The zero-order valence-corrected chi connectivity index (χ0v) is 11.0. The first-order valence-electron chi connectivity index (χ1n) is 6.16. The van der Waals surface area contributed by atoms with Crippen molar-refractivity contribution in [3.63, 3.8) is 0 Å². The maximum absolute atomic E-state index is 13.0. The Morgan fingerprint density at radius 2 is 1.50 bits per heavy atom. The van der Waals surface area contributed by atoms with Crippen molar-refractivity contribution in [2.24, 2.45) is 0 Å². The number of rotatable bonds is 3. The number of hydrogen-bond donors (Lipinski definition) is 1. The largest absolute Gasteiger partial charge is 0.416 e. The highest BCUT2D eigenvalue weighted by atomic mass is 19.4. The molecule has 1 N–H and O–H groups in total. The topological polar surface area (TPSA) is 29.1 Å². The Morgan fingerprint density at radius 1 is 0.955 bits per heavy atom. The maximum atomic E-state index is 13.0. The third-order valence-electron chi connectivity index (χ3n) is 2.85. The highest BCUT2D eigenvalue weighted by molar-refractivity contribution is 5.94. The summed E-state index contributed by atoms with van der Waals surface area (Å²) >= 11 is 0. The summed E-state index contributed by atoms with van der Waals surface area (Å²) in [5.41, 5.74) is -0.640. The van der Waals surface area contributed by atoms with Crippen molar-refractivity contribution in [3.05, 3.63) is 70.8 Å². The Bertz CT molecular complexity index is 659. The minimum atomic E-state index is -4.48. The molecule has 0 unspecified atom stereocenters. The van der Waals surface area contributed by atoms with Crippen LogP contribution in [-0.2, 0) is 12.7 Å². The van der Waals surface area contributed by atoms with Crippen LogP contribution in [0.15, 0.2) is 42.5 Å². The lowest BCUT2D eigenvalue weighted by Crippen LogP contribution is -2.23. The van der Waals surface area contributed by atoms with E-state index in [-0.39, 0.29) is 17.7 Å². The lowest BCUT2D eigenvalue weighted by atomic mass is 10.1. The van der Waals surface area contributed by atoms with E-state index in [4.69, 9.17) is 0 Å². The first-order valence-corrected chi connectivity index (χ1v) is 6.16. The van der Waals surface area contributed by atoms with Crippen molar-refractivity contribution in [2.45, 2.75) is 12.7 Å². The zero-order chi connectivity index (χ0) is 16.3. The van der Waals surface area contributed by atoms with Gasteiger partial charge in [-0.15, -0.1) is 0 Å². The van der Waals surface area contributed by atoms with Crippen LogP contribution in [0.1, 0.15) is 21.5 Å². The fourth-order valence-corrected chi connectivity index (χ4v) is 1.81. The van der Waals surface area contributed by atoms with Crippen LogP contribution in [0.5, 0.6) is 0 Å². The van der Waals surface area contributed by atoms with Crippen LogP contribution in [0.2, 0.25) is 0 Å². The third-order valence-corrected chi connectivity index (χ3v) is 2.85. The molecule has 2 aromatic carbocycles. The number of carbonyl (C=O) groups is 1. The van der Waals surface area contributed by atoms with Gasteiger partial charge in [-0.25, -0.2) is 8.78 Å². The lowest BCUT2D eigenvalue weighted by Gasteiger charge is -2.08. The summed E-state index contributed by atoms with van der Waals surface area (Å²) in [4.78, 5) is 11.8. The van der Waals surface area contributed by atoms with Crippen LogP contribution < -0.4 is 5.32 Å². The molecule has 0 bridgehead atoms. The van der Waals surface area contributed by atoms with Crippen molar-refractivity contribution in [3.8, 4) is 0 Å². The van der Waals surface area contributed by atoms with Gasteiger partial charge in [-0.2, -0.15) is 13.2 Å². The van der Waals surface area contributed by atoms with E-state index < -0.39 is 29.3 Å². The Hall–Kier alpha value is -2.44. The van der Waals surface area contributed by atoms with Crippen molar-refractivity contribution < 1.29 is 26.7 Å². The number of halogens is 5. The number of nitrogens with one attached hydrogen (secondary N) is 1. The van der Waals surface area contributed by atoms with Gasteiger partial charge < -0.3 is 5.32 Å². The second-order valence-electron chi connectivity index (χ2n) is 4.54. The molecule has 2 nitrogen and oxygen atoms in total. The molecule has 7 heteroatoms. The van der Waals surface area contributed by atoms with Crippen molar-refractivity contribution >= 4 is 5.91 Å².